The van der Waals surface area contributed by atoms with Crippen molar-refractivity contribution in [3.63, 3.8) is 0 Å². The maximum atomic E-state index is 5.87. The molecule has 0 saturated heterocycles. The van der Waals surface area contributed by atoms with Crippen molar-refractivity contribution < 1.29 is 0 Å². The number of hydrogen-bond donors (Lipinski definition) is 0. The lowest BCUT2D eigenvalue weighted by Crippen LogP contribution is -1.85. The number of hydrogen-bond acceptors (Lipinski definition) is 0. The minimum Gasteiger partial charge on any atom is -0.0843 e. The van der Waals surface area contributed by atoms with Crippen LogP contribution in [0.2, 0.25) is 10.0 Å². The molecular formula is C11H13Cl2. The molecule has 71 valence electrons. The molecule has 0 bridgehead atoms. The minimum atomic E-state index is 0.720. The Morgan fingerprint density at radius 1 is 1.00 bits per heavy atom. The summed E-state index contributed by atoms with van der Waals surface area (Å²) in [5.74, 6) is 0. The SMILES string of the molecule is [CH2]CCCCc1cc(Cl)cc(Cl)c1. The van der Waals surface area contributed by atoms with Crippen LogP contribution in [-0.4, -0.2) is 0 Å². The van der Waals surface area contributed by atoms with Gasteiger partial charge in [0.2, 0.25) is 0 Å². The van der Waals surface area contributed by atoms with Crippen LogP contribution in [0.5, 0.6) is 0 Å². The summed E-state index contributed by atoms with van der Waals surface area (Å²) in [6, 6.07) is 5.70. The van der Waals surface area contributed by atoms with E-state index < -0.39 is 0 Å². The van der Waals surface area contributed by atoms with Crippen LogP contribution in [0.3, 0.4) is 0 Å². The van der Waals surface area contributed by atoms with Crippen molar-refractivity contribution in [2.75, 3.05) is 0 Å². The van der Waals surface area contributed by atoms with Crippen LogP contribution in [0.15, 0.2) is 18.2 Å². The number of halogens is 2. The average Bonchev–Trinajstić information content (AvgIpc) is 2.03. The van der Waals surface area contributed by atoms with Crippen LogP contribution in [0.4, 0.5) is 0 Å². The van der Waals surface area contributed by atoms with Gasteiger partial charge in [-0.1, -0.05) is 43.0 Å². The Morgan fingerprint density at radius 3 is 2.15 bits per heavy atom. The lowest BCUT2D eigenvalue weighted by molar-refractivity contribution is 0.746. The lowest BCUT2D eigenvalue weighted by Gasteiger charge is -2.02. The second-order valence-corrected chi connectivity index (χ2v) is 3.96. The predicted octanol–water partition coefficient (Wildman–Crippen LogP) is 4.54. The van der Waals surface area contributed by atoms with Crippen LogP contribution in [0, 0.1) is 6.92 Å². The van der Waals surface area contributed by atoms with Crippen LogP contribution in [0.1, 0.15) is 24.8 Å². The summed E-state index contributed by atoms with van der Waals surface area (Å²) >= 11 is 11.7. The zero-order valence-corrected chi connectivity index (χ0v) is 9.04. The smallest absolute Gasteiger partial charge is 0.0423 e. The zero-order valence-electron chi connectivity index (χ0n) is 7.52. The first-order valence-corrected chi connectivity index (χ1v) is 5.22. The van der Waals surface area contributed by atoms with Gasteiger partial charge in [-0.2, -0.15) is 0 Å². The van der Waals surface area contributed by atoms with Crippen molar-refractivity contribution in [2.24, 2.45) is 0 Å². The minimum absolute atomic E-state index is 0.720. The average molecular weight is 216 g/mol. The first-order valence-electron chi connectivity index (χ1n) is 4.46. The molecule has 0 aliphatic carbocycles. The molecule has 2 heteroatoms. The molecule has 0 N–H and O–H groups in total. The van der Waals surface area contributed by atoms with Crippen molar-refractivity contribution in [2.45, 2.75) is 25.7 Å². The topological polar surface area (TPSA) is 0 Å². The fourth-order valence-corrected chi connectivity index (χ4v) is 1.83. The van der Waals surface area contributed by atoms with E-state index in [0.717, 1.165) is 35.7 Å². The van der Waals surface area contributed by atoms with Crippen molar-refractivity contribution in [3.05, 3.63) is 40.7 Å². The Labute approximate surface area is 89.9 Å². The fraction of sp³-hybridized carbons (Fsp3) is 0.364. The summed E-state index contributed by atoms with van der Waals surface area (Å²) in [7, 11) is 0. The molecule has 1 aromatic rings. The van der Waals surface area contributed by atoms with E-state index in [-0.39, 0.29) is 0 Å². The molecule has 1 radical (unpaired) electrons. The summed E-state index contributed by atoms with van der Waals surface area (Å²) < 4.78 is 0. The lowest BCUT2D eigenvalue weighted by atomic mass is 10.1. The van der Waals surface area contributed by atoms with Crippen LogP contribution in [-0.2, 0) is 6.42 Å². The summed E-state index contributed by atoms with van der Waals surface area (Å²) in [5.41, 5.74) is 1.21. The van der Waals surface area contributed by atoms with Gasteiger partial charge in [-0.3, -0.25) is 0 Å². The Bertz CT molecular complexity index is 249. The molecule has 0 amide bonds. The van der Waals surface area contributed by atoms with E-state index in [4.69, 9.17) is 23.2 Å². The summed E-state index contributed by atoms with van der Waals surface area (Å²) in [5, 5.41) is 1.44. The third kappa shape index (κ3) is 4.02. The number of rotatable bonds is 4. The van der Waals surface area contributed by atoms with Gasteiger partial charge in [-0.25, -0.2) is 0 Å². The van der Waals surface area contributed by atoms with E-state index in [1.165, 1.54) is 5.56 Å². The Hall–Kier alpha value is -0.200. The highest BCUT2D eigenvalue weighted by atomic mass is 35.5. The molecule has 1 aromatic carbocycles. The molecule has 1 rings (SSSR count). The highest BCUT2D eigenvalue weighted by molar-refractivity contribution is 6.34. The standard InChI is InChI=1S/C11H13Cl2/c1-2-3-4-5-9-6-10(12)8-11(13)7-9/h6-8H,1-5H2. The molecule has 0 aliphatic heterocycles. The molecule has 0 nitrogen and oxygen atoms in total. The molecule has 0 spiro atoms. The molecule has 0 aliphatic rings. The molecule has 0 unspecified atom stereocenters. The highest BCUT2D eigenvalue weighted by Crippen LogP contribution is 2.20. The summed E-state index contributed by atoms with van der Waals surface area (Å²) in [6.45, 7) is 3.80. The van der Waals surface area contributed by atoms with Crippen molar-refractivity contribution in [1.29, 1.82) is 0 Å². The third-order valence-electron chi connectivity index (χ3n) is 1.89. The Morgan fingerprint density at radius 2 is 1.62 bits per heavy atom. The van der Waals surface area contributed by atoms with Gasteiger partial charge < -0.3 is 0 Å². The van der Waals surface area contributed by atoms with Crippen molar-refractivity contribution in [3.8, 4) is 0 Å². The Kier molecular flexibility index (Phi) is 4.61. The van der Waals surface area contributed by atoms with E-state index in [1.54, 1.807) is 6.07 Å². The van der Waals surface area contributed by atoms with E-state index >= 15 is 0 Å². The third-order valence-corrected chi connectivity index (χ3v) is 2.32. The number of benzene rings is 1. The van der Waals surface area contributed by atoms with E-state index in [9.17, 15) is 0 Å². The molecule has 0 saturated carbocycles. The maximum absolute atomic E-state index is 5.87. The quantitative estimate of drug-likeness (QED) is 0.648. The highest BCUT2D eigenvalue weighted by Gasteiger charge is 1.97. The van der Waals surface area contributed by atoms with Gasteiger partial charge in [0.25, 0.3) is 0 Å². The van der Waals surface area contributed by atoms with E-state index in [2.05, 4.69) is 6.92 Å². The van der Waals surface area contributed by atoms with E-state index in [1.807, 2.05) is 12.1 Å². The van der Waals surface area contributed by atoms with Crippen LogP contribution in [0.25, 0.3) is 0 Å². The second kappa shape index (κ2) is 5.51. The van der Waals surface area contributed by atoms with Gasteiger partial charge >= 0.3 is 0 Å². The van der Waals surface area contributed by atoms with Crippen molar-refractivity contribution >= 4 is 23.2 Å². The monoisotopic (exact) mass is 215 g/mol. The first-order chi connectivity index (χ1) is 6.22. The van der Waals surface area contributed by atoms with Crippen LogP contribution >= 0.6 is 23.2 Å². The maximum Gasteiger partial charge on any atom is 0.0423 e. The molecule has 0 aromatic heterocycles. The summed E-state index contributed by atoms with van der Waals surface area (Å²) in [6.07, 6.45) is 4.34. The summed E-state index contributed by atoms with van der Waals surface area (Å²) in [4.78, 5) is 0. The largest absolute Gasteiger partial charge is 0.0843 e. The van der Waals surface area contributed by atoms with Gasteiger partial charge in [0, 0.05) is 10.0 Å². The number of unbranched alkanes of at least 4 members (excludes halogenated alkanes) is 2. The van der Waals surface area contributed by atoms with Gasteiger partial charge in [0.15, 0.2) is 0 Å². The normalized spacial score (nSPS) is 10.4. The van der Waals surface area contributed by atoms with E-state index in [0.29, 0.717) is 0 Å². The molecule has 0 heterocycles. The van der Waals surface area contributed by atoms with Crippen molar-refractivity contribution in [1.82, 2.24) is 0 Å². The first kappa shape index (κ1) is 10.9. The zero-order chi connectivity index (χ0) is 9.68. The Balaban J connectivity index is 2.56. The van der Waals surface area contributed by atoms with Gasteiger partial charge in [0.1, 0.15) is 0 Å². The molecule has 13 heavy (non-hydrogen) atoms. The fourth-order valence-electron chi connectivity index (χ4n) is 1.26. The van der Waals surface area contributed by atoms with Crippen LogP contribution < -0.4 is 0 Å². The predicted molar refractivity (Wildman–Crippen MR) is 59.4 cm³/mol. The number of aryl methyl sites for hydroxylation is 1. The van der Waals surface area contributed by atoms with Gasteiger partial charge in [-0.15, -0.1) is 0 Å². The molecule has 0 atom stereocenters. The molecule has 0 fully saturated rings. The van der Waals surface area contributed by atoms with Gasteiger partial charge in [0.05, 0.1) is 0 Å². The molecular weight excluding hydrogens is 203 g/mol. The van der Waals surface area contributed by atoms with Gasteiger partial charge in [-0.05, 0) is 36.6 Å². The second-order valence-electron chi connectivity index (χ2n) is 3.09.